The van der Waals surface area contributed by atoms with Crippen molar-refractivity contribution in [2.45, 2.75) is 12.6 Å². The standard InChI is InChI=1S/C23H18FNO6/c1-30-18-8-7-14(11-17(18)24)21(27)19-20(13-4-2-5-15(26)10-13)25(23(29)22(19)28)12-16-6-3-9-31-16/h2-11,20,26-27H,12H2,1H3. The molecule has 8 heteroatoms. The Balaban J connectivity index is 1.87. The molecule has 1 amide bonds. The zero-order valence-electron chi connectivity index (χ0n) is 16.4. The molecule has 7 nitrogen and oxygen atoms in total. The number of carbonyl (C=O) groups is 2. The summed E-state index contributed by atoms with van der Waals surface area (Å²) in [6, 6.07) is 12.0. The minimum atomic E-state index is -1.01. The molecule has 0 saturated carbocycles. The van der Waals surface area contributed by atoms with Crippen molar-refractivity contribution in [3.05, 3.63) is 89.1 Å². The number of phenols is 1. The number of aromatic hydroxyl groups is 1. The number of likely N-dealkylation sites (tertiary alicyclic amines) is 1. The van der Waals surface area contributed by atoms with Crippen LogP contribution in [0.1, 0.15) is 22.9 Å². The van der Waals surface area contributed by atoms with Crippen LogP contribution < -0.4 is 4.74 Å². The molecule has 3 aromatic rings. The van der Waals surface area contributed by atoms with Crippen molar-refractivity contribution in [2.75, 3.05) is 7.11 Å². The second kappa shape index (κ2) is 7.98. The molecule has 1 unspecified atom stereocenters. The van der Waals surface area contributed by atoms with Gasteiger partial charge in [-0.25, -0.2) is 4.39 Å². The molecule has 2 heterocycles. The molecule has 1 aliphatic rings. The van der Waals surface area contributed by atoms with Crippen LogP contribution in [0.25, 0.3) is 5.76 Å². The zero-order valence-corrected chi connectivity index (χ0v) is 16.4. The first-order valence-corrected chi connectivity index (χ1v) is 9.34. The van der Waals surface area contributed by atoms with Gasteiger partial charge in [0.15, 0.2) is 11.6 Å². The van der Waals surface area contributed by atoms with Gasteiger partial charge < -0.3 is 24.3 Å². The Bertz CT molecular complexity index is 1180. The maximum atomic E-state index is 14.2. The van der Waals surface area contributed by atoms with E-state index in [4.69, 9.17) is 9.15 Å². The molecular weight excluding hydrogens is 405 g/mol. The number of furan rings is 1. The molecule has 31 heavy (non-hydrogen) atoms. The predicted octanol–water partition coefficient (Wildman–Crippen LogP) is 3.75. The molecule has 0 radical (unpaired) electrons. The number of aliphatic hydroxyl groups is 1. The first-order chi connectivity index (χ1) is 14.9. The van der Waals surface area contributed by atoms with E-state index in [1.54, 1.807) is 24.3 Å². The second-order valence-corrected chi connectivity index (χ2v) is 6.95. The molecular formula is C23H18FNO6. The third kappa shape index (κ3) is 3.63. The summed E-state index contributed by atoms with van der Waals surface area (Å²) in [7, 11) is 1.31. The van der Waals surface area contributed by atoms with Gasteiger partial charge in [-0.2, -0.15) is 0 Å². The average molecular weight is 423 g/mol. The summed E-state index contributed by atoms with van der Waals surface area (Å²) >= 11 is 0. The van der Waals surface area contributed by atoms with Crippen molar-refractivity contribution in [1.29, 1.82) is 0 Å². The fraction of sp³-hybridized carbons (Fsp3) is 0.130. The third-order valence-electron chi connectivity index (χ3n) is 5.06. The van der Waals surface area contributed by atoms with Crippen molar-refractivity contribution in [2.24, 2.45) is 0 Å². The highest BCUT2D eigenvalue weighted by Crippen LogP contribution is 2.41. The molecule has 1 atom stereocenters. The van der Waals surface area contributed by atoms with E-state index in [9.17, 15) is 24.2 Å². The molecule has 2 aromatic carbocycles. The van der Waals surface area contributed by atoms with Gasteiger partial charge in [0.05, 0.1) is 31.5 Å². The minimum absolute atomic E-state index is 0.0134. The lowest BCUT2D eigenvalue weighted by Gasteiger charge is -2.24. The molecule has 1 aliphatic heterocycles. The van der Waals surface area contributed by atoms with Crippen molar-refractivity contribution < 1.29 is 33.3 Å². The van der Waals surface area contributed by atoms with Crippen LogP contribution in [-0.2, 0) is 16.1 Å². The average Bonchev–Trinajstić information content (AvgIpc) is 3.35. The van der Waals surface area contributed by atoms with E-state index in [1.165, 1.54) is 42.5 Å². The molecule has 0 bridgehead atoms. The number of carbonyl (C=O) groups excluding carboxylic acids is 2. The highest BCUT2D eigenvalue weighted by molar-refractivity contribution is 6.46. The lowest BCUT2D eigenvalue weighted by molar-refractivity contribution is -0.140. The minimum Gasteiger partial charge on any atom is -0.508 e. The summed E-state index contributed by atoms with van der Waals surface area (Å²) in [4.78, 5) is 27.0. The van der Waals surface area contributed by atoms with Crippen molar-refractivity contribution in [3.63, 3.8) is 0 Å². The van der Waals surface area contributed by atoms with Gasteiger partial charge in [-0.1, -0.05) is 12.1 Å². The SMILES string of the molecule is COc1ccc(C(O)=C2C(=O)C(=O)N(Cc3ccco3)C2c2cccc(O)c2)cc1F. The van der Waals surface area contributed by atoms with Crippen LogP contribution in [0.4, 0.5) is 4.39 Å². The van der Waals surface area contributed by atoms with E-state index in [0.717, 1.165) is 6.07 Å². The number of ketones is 1. The molecule has 0 spiro atoms. The van der Waals surface area contributed by atoms with E-state index in [0.29, 0.717) is 11.3 Å². The zero-order chi connectivity index (χ0) is 22.1. The number of hydrogen-bond acceptors (Lipinski definition) is 6. The number of aliphatic hydroxyl groups excluding tert-OH is 1. The highest BCUT2D eigenvalue weighted by Gasteiger charge is 2.46. The van der Waals surface area contributed by atoms with Crippen LogP contribution in [0, 0.1) is 5.82 Å². The monoisotopic (exact) mass is 423 g/mol. The number of hydrogen-bond donors (Lipinski definition) is 2. The molecule has 4 rings (SSSR count). The van der Waals surface area contributed by atoms with Gasteiger partial charge >= 0.3 is 0 Å². The summed E-state index contributed by atoms with van der Waals surface area (Å²) in [5.41, 5.74) is 0.201. The Labute approximate surface area is 176 Å². The Morgan fingerprint density at radius 3 is 2.61 bits per heavy atom. The smallest absolute Gasteiger partial charge is 0.296 e. The number of phenolic OH excluding ortho intramolecular Hbond substituents is 1. The number of amides is 1. The van der Waals surface area contributed by atoms with E-state index in [-0.39, 0.29) is 29.2 Å². The molecule has 1 saturated heterocycles. The van der Waals surface area contributed by atoms with E-state index < -0.39 is 29.3 Å². The second-order valence-electron chi connectivity index (χ2n) is 6.95. The van der Waals surface area contributed by atoms with Crippen molar-refractivity contribution in [3.8, 4) is 11.5 Å². The lowest BCUT2D eigenvalue weighted by Crippen LogP contribution is -2.29. The Kier molecular flexibility index (Phi) is 5.21. The van der Waals surface area contributed by atoms with Gasteiger partial charge in [0.2, 0.25) is 0 Å². The van der Waals surface area contributed by atoms with Crippen LogP contribution in [0.2, 0.25) is 0 Å². The number of methoxy groups -OCH3 is 1. The number of nitrogens with zero attached hydrogens (tertiary/aromatic N) is 1. The molecule has 158 valence electrons. The van der Waals surface area contributed by atoms with Gasteiger partial charge in [0.25, 0.3) is 11.7 Å². The topological polar surface area (TPSA) is 100 Å². The van der Waals surface area contributed by atoms with Crippen LogP contribution in [0.3, 0.4) is 0 Å². The number of benzene rings is 2. The molecule has 1 aromatic heterocycles. The normalized spacial score (nSPS) is 17.9. The fourth-order valence-electron chi connectivity index (χ4n) is 3.62. The summed E-state index contributed by atoms with van der Waals surface area (Å²) in [6.07, 6.45) is 1.44. The predicted molar refractivity (Wildman–Crippen MR) is 108 cm³/mol. The van der Waals surface area contributed by atoms with Crippen molar-refractivity contribution >= 4 is 17.4 Å². The van der Waals surface area contributed by atoms with Gasteiger partial charge in [0.1, 0.15) is 17.3 Å². The Morgan fingerprint density at radius 1 is 1.16 bits per heavy atom. The lowest BCUT2D eigenvalue weighted by atomic mass is 9.95. The number of ether oxygens (including phenoxy) is 1. The number of halogens is 1. The van der Waals surface area contributed by atoms with Crippen LogP contribution in [0.15, 0.2) is 70.9 Å². The van der Waals surface area contributed by atoms with E-state index >= 15 is 0 Å². The Hall–Kier alpha value is -4.07. The molecule has 2 N–H and O–H groups in total. The van der Waals surface area contributed by atoms with Gasteiger partial charge in [-0.3, -0.25) is 9.59 Å². The summed E-state index contributed by atoms with van der Waals surface area (Å²) in [5.74, 6) is -2.70. The third-order valence-corrected chi connectivity index (χ3v) is 5.06. The number of Topliss-reactive ketones (excluding diaryl/α,β-unsaturated/α-hetero) is 1. The first-order valence-electron chi connectivity index (χ1n) is 9.34. The van der Waals surface area contributed by atoms with Crippen LogP contribution in [-0.4, -0.2) is 33.9 Å². The van der Waals surface area contributed by atoms with Gasteiger partial charge in [-0.15, -0.1) is 0 Å². The van der Waals surface area contributed by atoms with Crippen LogP contribution >= 0.6 is 0 Å². The molecule has 0 aliphatic carbocycles. The molecule has 1 fully saturated rings. The maximum absolute atomic E-state index is 14.2. The summed E-state index contributed by atoms with van der Waals surface area (Å²) in [6.45, 7) is -0.0361. The maximum Gasteiger partial charge on any atom is 0.296 e. The summed E-state index contributed by atoms with van der Waals surface area (Å²) < 4.78 is 24.4. The first kappa shape index (κ1) is 20.2. The van der Waals surface area contributed by atoms with Gasteiger partial charge in [-0.05, 0) is 48.0 Å². The van der Waals surface area contributed by atoms with E-state index in [1.807, 2.05) is 0 Å². The van der Waals surface area contributed by atoms with Crippen LogP contribution in [0.5, 0.6) is 11.5 Å². The highest BCUT2D eigenvalue weighted by atomic mass is 19.1. The van der Waals surface area contributed by atoms with Crippen molar-refractivity contribution in [1.82, 2.24) is 4.90 Å². The summed E-state index contributed by atoms with van der Waals surface area (Å²) in [5, 5.41) is 20.9. The Morgan fingerprint density at radius 2 is 1.97 bits per heavy atom. The van der Waals surface area contributed by atoms with Gasteiger partial charge in [0, 0.05) is 5.56 Å². The van der Waals surface area contributed by atoms with E-state index in [2.05, 4.69) is 0 Å². The quantitative estimate of drug-likeness (QED) is 0.368. The fourth-order valence-corrected chi connectivity index (χ4v) is 3.62. The largest absolute Gasteiger partial charge is 0.508 e. The number of rotatable bonds is 5.